The molecule has 3 N–H and O–H groups in total. The largest absolute Gasteiger partial charge is 0.469 e. The van der Waals surface area contributed by atoms with Crippen LogP contribution in [0.4, 0.5) is 11.4 Å². The minimum absolute atomic E-state index is 0.114. The number of nitrogens with two attached hydrogens (primary N) is 1. The zero-order chi connectivity index (χ0) is 29.1. The van der Waals surface area contributed by atoms with Crippen LogP contribution in [-0.4, -0.2) is 36.0 Å². The number of carbonyl (C=O) groups excluding carboxylic acids is 3. The minimum Gasteiger partial charge on any atom is -0.469 e. The summed E-state index contributed by atoms with van der Waals surface area (Å²) in [4.78, 5) is 54.6. The highest BCUT2D eigenvalue weighted by Gasteiger charge is 2.57. The Balaban J connectivity index is 1.33. The van der Waals surface area contributed by atoms with Gasteiger partial charge in [-0.25, -0.2) is 18.5 Å². The Kier molecular flexibility index (Phi) is 6.90. The average Bonchev–Trinajstić information content (AvgIpc) is 3.62. The molecule has 0 saturated carbocycles. The first-order valence-corrected chi connectivity index (χ1v) is 15.6. The fourth-order valence-electron chi connectivity index (χ4n) is 4.95. The predicted octanol–water partition coefficient (Wildman–Crippen LogP) is 3.24. The lowest BCUT2D eigenvalue weighted by Gasteiger charge is -2.29. The van der Waals surface area contributed by atoms with E-state index < -0.39 is 49.7 Å². The SMILES string of the molecule is NS(=O)(=O)c1ccc(NC(=O)Cn2c3c(sc2=O)C(c2ccco2)C2C(=O)N(c4ccc(Cl)cc4)C(=O)C2S3)cc1. The van der Waals surface area contributed by atoms with Crippen LogP contribution < -0.4 is 20.2 Å². The number of hydrogen-bond donors (Lipinski definition) is 2. The van der Waals surface area contributed by atoms with E-state index in [1.54, 1.807) is 36.4 Å². The van der Waals surface area contributed by atoms with Gasteiger partial charge in [0.05, 0.1) is 38.6 Å². The number of nitrogens with one attached hydrogen (secondary N) is 1. The Morgan fingerprint density at radius 2 is 1.73 bits per heavy atom. The van der Waals surface area contributed by atoms with Gasteiger partial charge in [0.15, 0.2) is 0 Å². The van der Waals surface area contributed by atoms with E-state index in [9.17, 15) is 27.6 Å². The van der Waals surface area contributed by atoms with Crippen molar-refractivity contribution in [2.45, 2.75) is 27.6 Å². The number of hydrogen-bond acceptors (Lipinski definition) is 9. The highest BCUT2D eigenvalue weighted by molar-refractivity contribution is 8.00. The molecule has 3 atom stereocenters. The molecule has 0 radical (unpaired) electrons. The van der Waals surface area contributed by atoms with Gasteiger partial charge in [-0.1, -0.05) is 34.7 Å². The molecule has 11 nitrogen and oxygen atoms in total. The van der Waals surface area contributed by atoms with E-state index in [1.807, 2.05) is 0 Å². The third-order valence-electron chi connectivity index (χ3n) is 6.75. The molecule has 4 aromatic rings. The van der Waals surface area contributed by atoms with Crippen LogP contribution in [0, 0.1) is 5.92 Å². The number of nitrogens with zero attached hydrogens (tertiary/aromatic N) is 2. The van der Waals surface area contributed by atoms with Gasteiger partial charge in [0, 0.05) is 10.7 Å². The van der Waals surface area contributed by atoms with Crippen LogP contribution in [0.25, 0.3) is 0 Å². The van der Waals surface area contributed by atoms with Gasteiger partial charge in [-0.3, -0.25) is 23.7 Å². The van der Waals surface area contributed by atoms with Gasteiger partial charge in [-0.05, 0) is 60.7 Å². The number of primary sulfonamides is 1. The van der Waals surface area contributed by atoms with E-state index in [4.69, 9.17) is 21.2 Å². The maximum absolute atomic E-state index is 13.7. The smallest absolute Gasteiger partial charge is 0.308 e. The summed E-state index contributed by atoms with van der Waals surface area (Å²) in [6.07, 6.45) is 1.46. The van der Waals surface area contributed by atoms with Gasteiger partial charge in [0.2, 0.25) is 27.7 Å². The number of imide groups is 1. The van der Waals surface area contributed by atoms with Crippen LogP contribution in [0.2, 0.25) is 5.02 Å². The standard InChI is InChI=1S/C26H19ClN4O7S3/c27-13-3-7-15(8-4-13)31-23(33)20-19(17-2-1-11-38-17)22-25(39-21(20)24(31)34)30(26(35)40-22)12-18(32)29-14-5-9-16(10-6-14)41(28,36)37/h1-11,19-21H,12H2,(H,29,32)(H2,28,36,37). The quantitative estimate of drug-likeness (QED) is 0.307. The molecule has 1 fully saturated rings. The lowest BCUT2D eigenvalue weighted by Crippen LogP contribution is -2.32. The normalized spacial score (nSPS) is 20.1. The molecule has 3 unspecified atom stereocenters. The first-order valence-electron chi connectivity index (χ1n) is 12.0. The Morgan fingerprint density at radius 3 is 2.37 bits per heavy atom. The zero-order valence-electron chi connectivity index (χ0n) is 20.7. The summed E-state index contributed by atoms with van der Waals surface area (Å²) >= 11 is 7.97. The number of rotatable bonds is 6. The van der Waals surface area contributed by atoms with E-state index in [-0.39, 0.29) is 11.4 Å². The number of thiazole rings is 1. The number of aromatic nitrogens is 1. The molecule has 2 aromatic heterocycles. The zero-order valence-corrected chi connectivity index (χ0v) is 23.9. The molecule has 1 saturated heterocycles. The summed E-state index contributed by atoms with van der Waals surface area (Å²) in [5, 5.41) is 7.74. The molecule has 4 heterocycles. The second kappa shape index (κ2) is 10.3. The first-order chi connectivity index (χ1) is 19.5. The first kappa shape index (κ1) is 27.5. The van der Waals surface area contributed by atoms with Crippen LogP contribution >= 0.6 is 34.7 Å². The topological polar surface area (TPSA) is 162 Å². The number of anilines is 2. The summed E-state index contributed by atoms with van der Waals surface area (Å²) < 4.78 is 29.9. The second-order valence-electron chi connectivity index (χ2n) is 9.29. The molecule has 0 aliphatic carbocycles. The molecule has 2 aromatic carbocycles. The number of benzene rings is 2. The summed E-state index contributed by atoms with van der Waals surface area (Å²) in [6.45, 7) is -0.375. The number of amides is 3. The molecule has 3 amide bonds. The summed E-state index contributed by atoms with van der Waals surface area (Å²) in [6, 6.07) is 15.0. The fourth-order valence-corrected chi connectivity index (χ4v) is 8.34. The molecule has 210 valence electrons. The van der Waals surface area contributed by atoms with E-state index in [1.165, 1.54) is 35.1 Å². The van der Waals surface area contributed by atoms with Crippen LogP contribution in [-0.2, 0) is 31.0 Å². The molecular formula is C26H19ClN4O7S3. The number of furan rings is 1. The number of halogens is 1. The Labute approximate surface area is 245 Å². The number of fused-ring (bicyclic) bond motifs is 2. The van der Waals surface area contributed by atoms with Crippen molar-refractivity contribution in [3.05, 3.63) is 92.3 Å². The predicted molar refractivity (Wildman–Crippen MR) is 153 cm³/mol. The highest BCUT2D eigenvalue weighted by atomic mass is 35.5. The monoisotopic (exact) mass is 630 g/mol. The van der Waals surface area contributed by atoms with Gasteiger partial charge >= 0.3 is 4.87 Å². The van der Waals surface area contributed by atoms with Crippen molar-refractivity contribution in [2.75, 3.05) is 10.2 Å². The third-order valence-corrected chi connectivity index (χ3v) is 10.5. The van der Waals surface area contributed by atoms with Gasteiger partial charge in [0.25, 0.3) is 0 Å². The van der Waals surface area contributed by atoms with E-state index in [0.29, 0.717) is 32.1 Å². The van der Waals surface area contributed by atoms with Crippen molar-refractivity contribution in [1.29, 1.82) is 0 Å². The van der Waals surface area contributed by atoms with Crippen molar-refractivity contribution < 1.29 is 27.2 Å². The molecule has 0 bridgehead atoms. The third kappa shape index (κ3) is 4.91. The lowest BCUT2D eigenvalue weighted by atomic mass is 9.87. The number of carbonyl (C=O) groups is 3. The van der Waals surface area contributed by atoms with Crippen molar-refractivity contribution >= 4 is 73.8 Å². The lowest BCUT2D eigenvalue weighted by molar-refractivity contribution is -0.122. The van der Waals surface area contributed by atoms with Crippen molar-refractivity contribution in [1.82, 2.24) is 4.57 Å². The minimum atomic E-state index is -3.90. The molecule has 2 aliphatic heterocycles. The van der Waals surface area contributed by atoms with Crippen molar-refractivity contribution in [3.8, 4) is 0 Å². The van der Waals surface area contributed by atoms with Crippen molar-refractivity contribution in [2.24, 2.45) is 11.1 Å². The molecule has 15 heteroatoms. The highest BCUT2D eigenvalue weighted by Crippen LogP contribution is 2.53. The van der Waals surface area contributed by atoms with Crippen LogP contribution in [0.5, 0.6) is 0 Å². The van der Waals surface area contributed by atoms with Crippen molar-refractivity contribution in [3.63, 3.8) is 0 Å². The number of sulfonamides is 1. The van der Waals surface area contributed by atoms with E-state index in [2.05, 4.69) is 5.32 Å². The van der Waals surface area contributed by atoms with Crippen LogP contribution in [0.15, 0.2) is 86.1 Å². The van der Waals surface area contributed by atoms with E-state index >= 15 is 0 Å². The Bertz CT molecular complexity index is 1850. The van der Waals surface area contributed by atoms with Gasteiger partial charge < -0.3 is 9.73 Å². The van der Waals surface area contributed by atoms with Crippen LogP contribution in [0.3, 0.4) is 0 Å². The van der Waals surface area contributed by atoms with Gasteiger partial charge in [-0.2, -0.15) is 0 Å². The fraction of sp³-hybridized carbons (Fsp3) is 0.154. The Morgan fingerprint density at radius 1 is 1.02 bits per heavy atom. The molecule has 6 rings (SSSR count). The summed E-state index contributed by atoms with van der Waals surface area (Å²) in [5.41, 5.74) is 0.682. The maximum Gasteiger partial charge on any atom is 0.308 e. The average molecular weight is 631 g/mol. The Hall–Kier alpha value is -3.69. The molecular weight excluding hydrogens is 612 g/mol. The van der Waals surface area contributed by atoms with E-state index in [0.717, 1.165) is 28.0 Å². The summed E-state index contributed by atoms with van der Waals surface area (Å²) in [5.74, 6) is -2.54. The number of thioether (sulfide) groups is 1. The summed E-state index contributed by atoms with van der Waals surface area (Å²) in [7, 11) is -3.90. The molecule has 2 aliphatic rings. The van der Waals surface area contributed by atoms with Gasteiger partial charge in [0.1, 0.15) is 17.6 Å². The molecule has 0 spiro atoms. The molecule has 41 heavy (non-hydrogen) atoms. The maximum atomic E-state index is 13.7. The van der Waals surface area contributed by atoms with Crippen LogP contribution in [0.1, 0.15) is 16.6 Å². The van der Waals surface area contributed by atoms with Gasteiger partial charge in [-0.15, -0.1) is 0 Å². The second-order valence-corrected chi connectivity index (χ2v) is 13.4.